The second-order valence-electron chi connectivity index (χ2n) is 3.52. The van der Waals surface area contributed by atoms with Crippen LogP contribution in [0, 0.1) is 0 Å². The number of aromatic nitrogens is 1. The van der Waals surface area contributed by atoms with E-state index in [1.807, 2.05) is 0 Å². The van der Waals surface area contributed by atoms with Crippen molar-refractivity contribution in [1.82, 2.24) is 4.98 Å². The molecule has 0 radical (unpaired) electrons. The van der Waals surface area contributed by atoms with Gasteiger partial charge in [0.2, 0.25) is 0 Å². The van der Waals surface area contributed by atoms with Crippen LogP contribution in [0.25, 0.3) is 0 Å². The summed E-state index contributed by atoms with van der Waals surface area (Å²) in [6, 6.07) is 0. The highest BCUT2D eigenvalue weighted by atomic mass is 19.3. The first-order valence-corrected chi connectivity index (χ1v) is 5.38. The number of hydrogen-bond acceptors (Lipinski definition) is 4. The van der Waals surface area contributed by atoms with Gasteiger partial charge in [-0.3, -0.25) is 9.59 Å². The lowest BCUT2D eigenvalue weighted by Crippen LogP contribution is -2.24. The van der Waals surface area contributed by atoms with Gasteiger partial charge in [0.15, 0.2) is 5.43 Å². The van der Waals surface area contributed by atoms with Crippen LogP contribution in [0.2, 0.25) is 0 Å². The third-order valence-electron chi connectivity index (χ3n) is 2.36. The van der Waals surface area contributed by atoms with Gasteiger partial charge in [-0.25, -0.2) is 8.78 Å². The normalized spacial score (nSPS) is 10.7. The zero-order valence-corrected chi connectivity index (χ0v) is 9.83. The lowest BCUT2D eigenvalue weighted by molar-refractivity contribution is -0.142. The highest BCUT2D eigenvalue weighted by Crippen LogP contribution is 2.19. The number of carbonyl (C=O) groups is 1. The van der Waals surface area contributed by atoms with Crippen molar-refractivity contribution in [2.24, 2.45) is 5.73 Å². The van der Waals surface area contributed by atoms with E-state index < -0.39 is 29.9 Å². The van der Waals surface area contributed by atoms with Crippen molar-refractivity contribution in [3.05, 3.63) is 33.2 Å². The first-order chi connectivity index (χ1) is 8.51. The van der Waals surface area contributed by atoms with Crippen LogP contribution < -0.4 is 11.2 Å². The van der Waals surface area contributed by atoms with Gasteiger partial charge in [0.05, 0.1) is 18.7 Å². The Labute approximate surface area is 102 Å². The number of pyridine rings is 1. The molecule has 5 nitrogen and oxygen atoms in total. The van der Waals surface area contributed by atoms with E-state index in [9.17, 15) is 18.4 Å². The second-order valence-corrected chi connectivity index (χ2v) is 3.52. The molecule has 0 aliphatic heterocycles. The minimum Gasteiger partial charge on any atom is -0.466 e. The number of alkyl halides is 2. The topological polar surface area (TPSA) is 85.2 Å². The molecule has 0 spiro atoms. The average Bonchev–Trinajstić information content (AvgIpc) is 2.31. The summed E-state index contributed by atoms with van der Waals surface area (Å²) in [5.74, 6) is -0.723. The monoisotopic (exact) mass is 260 g/mol. The van der Waals surface area contributed by atoms with Gasteiger partial charge in [0.25, 0.3) is 6.43 Å². The molecule has 0 aliphatic carbocycles. The van der Waals surface area contributed by atoms with Gasteiger partial charge in [0.1, 0.15) is 0 Å². The largest absolute Gasteiger partial charge is 0.466 e. The number of ether oxygens (including phenoxy) is 1. The van der Waals surface area contributed by atoms with Gasteiger partial charge in [-0.1, -0.05) is 0 Å². The van der Waals surface area contributed by atoms with Crippen LogP contribution in [0.3, 0.4) is 0 Å². The van der Waals surface area contributed by atoms with E-state index in [1.165, 1.54) is 0 Å². The maximum absolute atomic E-state index is 12.7. The molecule has 3 N–H and O–H groups in total. The fourth-order valence-corrected chi connectivity index (χ4v) is 1.51. The van der Waals surface area contributed by atoms with Crippen LogP contribution in [0.15, 0.2) is 11.0 Å². The second kappa shape index (κ2) is 6.25. The average molecular weight is 260 g/mol. The molecule has 100 valence electrons. The summed E-state index contributed by atoms with van der Waals surface area (Å²) < 4.78 is 30.1. The summed E-state index contributed by atoms with van der Waals surface area (Å²) >= 11 is 0. The SMILES string of the molecule is CCOC(=O)Cc1c(C(F)F)[nH]cc(CN)c1=O. The van der Waals surface area contributed by atoms with Crippen LogP contribution in [0.5, 0.6) is 0 Å². The Morgan fingerprint density at radius 2 is 2.22 bits per heavy atom. The molecule has 0 saturated carbocycles. The van der Waals surface area contributed by atoms with E-state index in [0.29, 0.717) is 0 Å². The molecular weight excluding hydrogens is 246 g/mol. The summed E-state index contributed by atoms with van der Waals surface area (Å²) in [6.07, 6.45) is -2.22. The van der Waals surface area contributed by atoms with E-state index >= 15 is 0 Å². The minimum absolute atomic E-state index is 0.0886. The Bertz CT molecular complexity index is 486. The van der Waals surface area contributed by atoms with Crippen molar-refractivity contribution in [1.29, 1.82) is 0 Å². The Hall–Kier alpha value is -1.76. The Kier molecular flexibility index (Phi) is 4.96. The van der Waals surface area contributed by atoms with Gasteiger partial charge in [0, 0.05) is 23.9 Å². The summed E-state index contributed by atoms with van der Waals surface area (Å²) in [5, 5.41) is 0. The zero-order valence-electron chi connectivity index (χ0n) is 9.83. The molecule has 1 heterocycles. The Morgan fingerprint density at radius 1 is 1.56 bits per heavy atom. The van der Waals surface area contributed by atoms with Crippen molar-refractivity contribution in [3.8, 4) is 0 Å². The molecule has 7 heteroatoms. The number of H-pyrrole nitrogens is 1. The molecule has 1 aromatic rings. The standard InChI is InChI=1S/C11H14F2N2O3/c1-2-18-8(16)3-7-9(11(12)13)15-5-6(4-14)10(7)17/h5,11H,2-4,14H2,1H3,(H,15,17). The fraction of sp³-hybridized carbons (Fsp3) is 0.455. The summed E-state index contributed by atoms with van der Waals surface area (Å²) in [5.41, 5.74) is 3.97. The zero-order chi connectivity index (χ0) is 13.7. The van der Waals surface area contributed by atoms with Crippen LogP contribution >= 0.6 is 0 Å². The molecule has 1 rings (SSSR count). The quantitative estimate of drug-likeness (QED) is 0.769. The van der Waals surface area contributed by atoms with Crippen molar-refractivity contribution < 1.29 is 18.3 Å². The van der Waals surface area contributed by atoms with E-state index in [0.717, 1.165) is 6.20 Å². The third kappa shape index (κ3) is 3.13. The molecule has 0 aliphatic rings. The first-order valence-electron chi connectivity index (χ1n) is 5.38. The number of carbonyl (C=O) groups excluding carboxylic acids is 1. The number of nitrogens with one attached hydrogen (secondary N) is 1. The summed E-state index contributed by atoms with van der Waals surface area (Å²) in [6.45, 7) is 1.62. The lowest BCUT2D eigenvalue weighted by Gasteiger charge is -2.09. The molecule has 0 amide bonds. The van der Waals surface area contributed by atoms with Gasteiger partial charge >= 0.3 is 5.97 Å². The predicted octanol–water partition coefficient (Wildman–Crippen LogP) is 0.877. The molecular formula is C11H14F2N2O3. The van der Waals surface area contributed by atoms with E-state index in [-0.39, 0.29) is 24.3 Å². The summed E-state index contributed by atoms with van der Waals surface area (Å²) in [7, 11) is 0. The smallest absolute Gasteiger partial charge is 0.310 e. The number of hydrogen-bond donors (Lipinski definition) is 2. The summed E-state index contributed by atoms with van der Waals surface area (Å²) in [4.78, 5) is 25.4. The van der Waals surface area contributed by atoms with E-state index in [4.69, 9.17) is 5.73 Å². The molecule has 0 bridgehead atoms. The predicted molar refractivity (Wildman–Crippen MR) is 60.2 cm³/mol. The Morgan fingerprint density at radius 3 is 2.72 bits per heavy atom. The highest BCUT2D eigenvalue weighted by molar-refractivity contribution is 5.72. The molecule has 0 unspecified atom stereocenters. The number of rotatable bonds is 5. The number of aromatic amines is 1. The van der Waals surface area contributed by atoms with Crippen LogP contribution in [-0.2, 0) is 22.5 Å². The number of halogens is 2. The van der Waals surface area contributed by atoms with Crippen molar-refractivity contribution in [2.45, 2.75) is 26.3 Å². The van der Waals surface area contributed by atoms with Gasteiger partial charge < -0.3 is 15.5 Å². The van der Waals surface area contributed by atoms with Gasteiger partial charge in [-0.05, 0) is 6.92 Å². The van der Waals surface area contributed by atoms with E-state index in [1.54, 1.807) is 6.92 Å². The molecule has 0 atom stereocenters. The highest BCUT2D eigenvalue weighted by Gasteiger charge is 2.20. The lowest BCUT2D eigenvalue weighted by atomic mass is 10.1. The Balaban J connectivity index is 3.20. The van der Waals surface area contributed by atoms with Crippen molar-refractivity contribution in [2.75, 3.05) is 6.61 Å². The first kappa shape index (κ1) is 14.3. The molecule has 0 saturated heterocycles. The molecule has 18 heavy (non-hydrogen) atoms. The maximum atomic E-state index is 12.7. The molecule has 0 fully saturated rings. The molecule has 0 aromatic carbocycles. The fourth-order valence-electron chi connectivity index (χ4n) is 1.51. The minimum atomic E-state index is -2.87. The van der Waals surface area contributed by atoms with Gasteiger partial charge in [-0.15, -0.1) is 0 Å². The van der Waals surface area contributed by atoms with Crippen LogP contribution in [0.1, 0.15) is 30.2 Å². The number of esters is 1. The number of nitrogens with two attached hydrogens (primary N) is 1. The molecule has 1 aromatic heterocycles. The maximum Gasteiger partial charge on any atom is 0.310 e. The van der Waals surface area contributed by atoms with Crippen LogP contribution in [0.4, 0.5) is 8.78 Å². The third-order valence-corrected chi connectivity index (χ3v) is 2.36. The van der Waals surface area contributed by atoms with Crippen molar-refractivity contribution in [3.63, 3.8) is 0 Å². The van der Waals surface area contributed by atoms with Crippen LogP contribution in [-0.4, -0.2) is 17.6 Å². The van der Waals surface area contributed by atoms with Crippen molar-refractivity contribution >= 4 is 5.97 Å². The van der Waals surface area contributed by atoms with E-state index in [2.05, 4.69) is 9.72 Å². The van der Waals surface area contributed by atoms with Gasteiger partial charge in [-0.2, -0.15) is 0 Å².